The number of nitrogens with zero attached hydrogens (tertiary/aromatic N) is 1. The number of amides is 1. The summed E-state index contributed by atoms with van der Waals surface area (Å²) in [5.41, 5.74) is -0.666. The molecule has 1 aliphatic carbocycles. The zero-order valence-corrected chi connectivity index (χ0v) is 16.7. The zero-order valence-electron chi connectivity index (χ0n) is 15.8. The van der Waals surface area contributed by atoms with Gasteiger partial charge in [0.25, 0.3) is 0 Å². The first-order valence-electron chi connectivity index (χ1n) is 9.25. The Labute approximate surface area is 170 Å². The lowest BCUT2D eigenvalue weighted by Gasteiger charge is -2.35. The second-order valence-electron chi connectivity index (χ2n) is 7.08. The minimum atomic E-state index is -4.39. The van der Waals surface area contributed by atoms with E-state index >= 15 is 0 Å². The number of nitrogens with one attached hydrogen (secondary N) is 1. The van der Waals surface area contributed by atoms with Crippen molar-refractivity contribution in [3.05, 3.63) is 40.9 Å². The summed E-state index contributed by atoms with van der Waals surface area (Å²) in [5, 5.41) is 5.05. The molecule has 3 rings (SSSR count). The second kappa shape index (κ2) is 8.52. The molecule has 1 aromatic carbocycles. The topological polar surface area (TPSA) is 68.3 Å². The van der Waals surface area contributed by atoms with Crippen molar-refractivity contribution in [1.82, 2.24) is 10.3 Å². The number of esters is 1. The van der Waals surface area contributed by atoms with E-state index in [0.29, 0.717) is 29.1 Å². The second-order valence-corrected chi connectivity index (χ2v) is 7.94. The number of carbonyl (C=O) groups excluding carboxylic acids is 2. The van der Waals surface area contributed by atoms with Gasteiger partial charge in [0.2, 0.25) is 5.91 Å². The van der Waals surface area contributed by atoms with Gasteiger partial charge in [0.1, 0.15) is 10.5 Å². The number of ether oxygens (including phenoxy) is 1. The highest BCUT2D eigenvalue weighted by Crippen LogP contribution is 2.32. The number of methoxy groups -OCH3 is 1. The number of rotatable bonds is 5. The summed E-state index contributed by atoms with van der Waals surface area (Å²) in [6.45, 7) is 0. The normalized spacial score (nSPS) is 16.3. The van der Waals surface area contributed by atoms with Crippen molar-refractivity contribution in [2.75, 3.05) is 7.11 Å². The van der Waals surface area contributed by atoms with Crippen molar-refractivity contribution in [3.63, 3.8) is 0 Å². The van der Waals surface area contributed by atoms with Crippen LogP contribution in [0.2, 0.25) is 0 Å². The molecule has 9 heteroatoms. The Morgan fingerprint density at radius 3 is 2.41 bits per heavy atom. The van der Waals surface area contributed by atoms with Crippen LogP contribution in [0.3, 0.4) is 0 Å². The van der Waals surface area contributed by atoms with E-state index in [1.807, 2.05) is 0 Å². The maximum absolute atomic E-state index is 12.7. The van der Waals surface area contributed by atoms with E-state index in [1.165, 1.54) is 30.6 Å². The van der Waals surface area contributed by atoms with Crippen LogP contribution >= 0.6 is 11.3 Å². The first-order chi connectivity index (χ1) is 13.7. The summed E-state index contributed by atoms with van der Waals surface area (Å²) >= 11 is 1.25. The molecular formula is C20H21F3N2O3S. The number of alkyl halides is 3. The summed E-state index contributed by atoms with van der Waals surface area (Å²) in [6, 6.07) is 4.73. The SMILES string of the molecule is COC(=O)C1(NC(=O)Cc2csc(-c3ccc(C(F)(F)F)cc3)n2)CCCCC1. The van der Waals surface area contributed by atoms with Crippen molar-refractivity contribution < 1.29 is 27.5 Å². The zero-order chi connectivity index (χ0) is 21.1. The first kappa shape index (κ1) is 21.3. The summed E-state index contributed by atoms with van der Waals surface area (Å²) < 4.78 is 42.9. The van der Waals surface area contributed by atoms with E-state index in [4.69, 9.17) is 4.74 Å². The molecule has 0 atom stereocenters. The van der Waals surface area contributed by atoms with Gasteiger partial charge in [-0.15, -0.1) is 11.3 Å². The summed E-state index contributed by atoms with van der Waals surface area (Å²) in [7, 11) is 1.31. The van der Waals surface area contributed by atoms with Gasteiger partial charge in [-0.1, -0.05) is 31.4 Å². The molecule has 0 bridgehead atoms. The van der Waals surface area contributed by atoms with E-state index in [2.05, 4.69) is 10.3 Å². The number of benzene rings is 1. The van der Waals surface area contributed by atoms with Crippen LogP contribution < -0.4 is 5.32 Å². The molecule has 1 amide bonds. The predicted octanol–water partition coefficient (Wildman–Crippen LogP) is 4.36. The van der Waals surface area contributed by atoms with E-state index in [-0.39, 0.29) is 12.3 Å². The molecule has 5 nitrogen and oxygen atoms in total. The molecule has 1 saturated carbocycles. The number of hydrogen-bond donors (Lipinski definition) is 1. The van der Waals surface area contributed by atoms with E-state index in [9.17, 15) is 22.8 Å². The fraction of sp³-hybridized carbons (Fsp3) is 0.450. The highest BCUT2D eigenvalue weighted by Gasteiger charge is 2.41. The third-order valence-corrected chi connectivity index (χ3v) is 5.95. The molecule has 0 saturated heterocycles. The largest absolute Gasteiger partial charge is 0.467 e. The fourth-order valence-corrected chi connectivity index (χ4v) is 4.35. The number of carbonyl (C=O) groups is 2. The van der Waals surface area contributed by atoms with Crippen LogP contribution in [0.4, 0.5) is 13.2 Å². The number of hydrogen-bond acceptors (Lipinski definition) is 5. The van der Waals surface area contributed by atoms with Gasteiger partial charge in [0.15, 0.2) is 0 Å². The highest BCUT2D eigenvalue weighted by atomic mass is 32.1. The lowest BCUT2D eigenvalue weighted by Crippen LogP contribution is -2.56. The fourth-order valence-electron chi connectivity index (χ4n) is 3.53. The summed E-state index contributed by atoms with van der Waals surface area (Å²) in [6.07, 6.45) is -0.640. The van der Waals surface area contributed by atoms with Crippen LogP contribution in [0.25, 0.3) is 10.6 Å². The van der Waals surface area contributed by atoms with E-state index in [0.717, 1.165) is 31.4 Å². The molecular weight excluding hydrogens is 405 g/mol. The Morgan fingerprint density at radius 1 is 1.17 bits per heavy atom. The van der Waals surface area contributed by atoms with Crippen LogP contribution in [0.15, 0.2) is 29.6 Å². The minimum Gasteiger partial charge on any atom is -0.467 e. The average Bonchev–Trinajstić information content (AvgIpc) is 3.15. The highest BCUT2D eigenvalue weighted by molar-refractivity contribution is 7.13. The smallest absolute Gasteiger partial charge is 0.416 e. The third-order valence-electron chi connectivity index (χ3n) is 5.01. The van der Waals surface area contributed by atoms with Crippen molar-refractivity contribution in [2.24, 2.45) is 0 Å². The van der Waals surface area contributed by atoms with E-state index in [1.54, 1.807) is 5.38 Å². The molecule has 1 aromatic heterocycles. The molecule has 0 unspecified atom stereocenters. The molecule has 29 heavy (non-hydrogen) atoms. The Morgan fingerprint density at radius 2 is 1.83 bits per heavy atom. The molecule has 2 aromatic rings. The lowest BCUT2D eigenvalue weighted by molar-refractivity contribution is -0.152. The molecule has 0 aliphatic heterocycles. The molecule has 0 radical (unpaired) electrons. The maximum Gasteiger partial charge on any atom is 0.416 e. The Balaban J connectivity index is 1.68. The standard InChI is InChI=1S/C20H21F3N2O3S/c1-28-18(27)19(9-3-2-4-10-19)25-16(26)11-15-12-29-17(24-15)13-5-7-14(8-6-13)20(21,22)23/h5-8,12H,2-4,9-11H2,1H3,(H,25,26). The van der Waals surface area contributed by atoms with Gasteiger partial charge in [-0.25, -0.2) is 9.78 Å². The average molecular weight is 426 g/mol. The quantitative estimate of drug-likeness (QED) is 0.722. The van der Waals surface area contributed by atoms with Gasteiger partial charge in [-0.05, 0) is 25.0 Å². The van der Waals surface area contributed by atoms with Gasteiger partial charge < -0.3 is 10.1 Å². The van der Waals surface area contributed by atoms with Crippen LogP contribution in [-0.4, -0.2) is 29.5 Å². The third kappa shape index (κ3) is 4.95. The Kier molecular flexibility index (Phi) is 6.26. The van der Waals surface area contributed by atoms with E-state index < -0.39 is 23.2 Å². The van der Waals surface area contributed by atoms with Gasteiger partial charge in [-0.3, -0.25) is 4.79 Å². The number of thiazole rings is 1. The summed E-state index contributed by atoms with van der Waals surface area (Å²) in [5.74, 6) is -0.768. The lowest BCUT2D eigenvalue weighted by atomic mass is 9.81. The minimum absolute atomic E-state index is 0.0180. The van der Waals surface area contributed by atoms with Crippen LogP contribution in [0.5, 0.6) is 0 Å². The van der Waals surface area contributed by atoms with Gasteiger partial charge >= 0.3 is 12.1 Å². The monoisotopic (exact) mass is 426 g/mol. The van der Waals surface area contributed by atoms with Crippen molar-refractivity contribution in [1.29, 1.82) is 0 Å². The Bertz CT molecular complexity index is 872. The first-order valence-corrected chi connectivity index (χ1v) is 10.1. The Hall–Kier alpha value is -2.42. The van der Waals surface area contributed by atoms with Crippen LogP contribution in [-0.2, 0) is 26.9 Å². The molecule has 156 valence electrons. The van der Waals surface area contributed by atoms with Crippen molar-refractivity contribution in [2.45, 2.75) is 50.2 Å². The number of aromatic nitrogens is 1. The van der Waals surface area contributed by atoms with Crippen molar-refractivity contribution in [3.8, 4) is 10.6 Å². The molecule has 1 fully saturated rings. The number of halogens is 3. The summed E-state index contributed by atoms with van der Waals surface area (Å²) in [4.78, 5) is 29.1. The molecule has 1 N–H and O–H groups in total. The molecule has 1 heterocycles. The predicted molar refractivity (Wildman–Crippen MR) is 102 cm³/mol. The van der Waals surface area contributed by atoms with Crippen LogP contribution in [0.1, 0.15) is 43.4 Å². The molecule has 0 spiro atoms. The maximum atomic E-state index is 12.7. The van der Waals surface area contributed by atoms with Gasteiger partial charge in [0, 0.05) is 10.9 Å². The molecule has 1 aliphatic rings. The van der Waals surface area contributed by atoms with Gasteiger partial charge in [0.05, 0.1) is 24.8 Å². The van der Waals surface area contributed by atoms with Crippen molar-refractivity contribution >= 4 is 23.2 Å². The van der Waals surface area contributed by atoms with Crippen LogP contribution in [0, 0.1) is 0 Å². The van der Waals surface area contributed by atoms with Gasteiger partial charge in [-0.2, -0.15) is 13.2 Å².